The van der Waals surface area contributed by atoms with E-state index in [1.807, 2.05) is 6.92 Å². The van der Waals surface area contributed by atoms with Gasteiger partial charge in [-0.15, -0.1) is 0 Å². The predicted molar refractivity (Wildman–Crippen MR) is 22.2 cm³/mol. The van der Waals surface area contributed by atoms with E-state index in [2.05, 4.69) is 10.5 Å². The Morgan fingerprint density at radius 2 is 2.43 bits per heavy atom. The number of quaternary nitrogens is 1. The molecule has 3 N–H and O–H groups in total. The van der Waals surface area contributed by atoms with Crippen LogP contribution in [0.5, 0.6) is 0 Å². The zero-order valence-electron chi connectivity index (χ0n) is 4.18. The Balaban J connectivity index is 2.43. The summed E-state index contributed by atoms with van der Waals surface area (Å²) in [4.78, 5) is 10.2. The molecule has 0 spiro atoms. The van der Waals surface area contributed by atoms with E-state index in [-0.39, 0.29) is 18.1 Å². The van der Waals surface area contributed by atoms with Crippen molar-refractivity contribution in [2.24, 2.45) is 0 Å². The molecule has 0 bridgehead atoms. The molecule has 0 amide bonds. The highest BCUT2D eigenvalue weighted by molar-refractivity contribution is 5.79. The molecule has 1 fully saturated rings. The third kappa shape index (κ3) is 0.489. The lowest BCUT2D eigenvalue weighted by Crippen LogP contribution is -2.76. The summed E-state index contributed by atoms with van der Waals surface area (Å²) in [6.45, 7) is 1.83. The molecule has 2 atom stereocenters. The monoisotopic (exact) mass is 102 g/mol. The zero-order chi connectivity index (χ0) is 5.44. The van der Waals surface area contributed by atoms with Crippen LogP contribution in [-0.4, -0.2) is 18.1 Å². The molecule has 0 aromatic carbocycles. The molecular formula is C4H8NO2+. The van der Waals surface area contributed by atoms with E-state index >= 15 is 0 Å². The van der Waals surface area contributed by atoms with Gasteiger partial charge in [-0.3, -0.25) is 0 Å². The van der Waals surface area contributed by atoms with Gasteiger partial charge in [0.05, 0.1) is 0 Å². The van der Waals surface area contributed by atoms with E-state index in [0.717, 1.165) is 0 Å². The summed E-state index contributed by atoms with van der Waals surface area (Å²) in [5, 5.41) is 0. The Morgan fingerprint density at radius 3 is 2.43 bits per heavy atom. The van der Waals surface area contributed by atoms with Crippen LogP contribution < -0.4 is 5.73 Å². The molecule has 1 saturated heterocycles. The van der Waals surface area contributed by atoms with Crippen molar-refractivity contribution >= 4 is 5.97 Å². The Labute approximate surface area is 41.4 Å². The maximum Gasteiger partial charge on any atom is 0.369 e. The average molecular weight is 102 g/mol. The summed E-state index contributed by atoms with van der Waals surface area (Å²) in [6, 6.07) is -0.111. The normalized spacial score (nSPS) is 39.4. The molecule has 0 saturated carbocycles. The number of rotatable bonds is 0. The Morgan fingerprint density at radius 1 is 1.86 bits per heavy atom. The molecule has 1 rings (SSSR count). The molecule has 0 unspecified atom stereocenters. The van der Waals surface area contributed by atoms with Crippen LogP contribution >= 0.6 is 0 Å². The number of hydrogen-bond donors (Lipinski definition) is 1. The van der Waals surface area contributed by atoms with Crippen LogP contribution in [0, 0.1) is 0 Å². The van der Waals surface area contributed by atoms with Crippen molar-refractivity contribution in [3.8, 4) is 0 Å². The van der Waals surface area contributed by atoms with Crippen molar-refractivity contribution in [1.82, 2.24) is 0 Å². The van der Waals surface area contributed by atoms with E-state index in [1.165, 1.54) is 0 Å². The van der Waals surface area contributed by atoms with Gasteiger partial charge in [-0.1, -0.05) is 0 Å². The van der Waals surface area contributed by atoms with Crippen molar-refractivity contribution in [2.75, 3.05) is 0 Å². The number of esters is 1. The maximum absolute atomic E-state index is 10.2. The highest BCUT2D eigenvalue weighted by Crippen LogP contribution is 2.07. The maximum atomic E-state index is 10.2. The second kappa shape index (κ2) is 1.20. The molecule has 7 heavy (non-hydrogen) atoms. The van der Waals surface area contributed by atoms with Gasteiger partial charge in [0.2, 0.25) is 6.04 Å². The van der Waals surface area contributed by atoms with Crippen molar-refractivity contribution in [3.05, 3.63) is 0 Å². The molecule has 0 aliphatic carbocycles. The largest absolute Gasteiger partial charge is 0.451 e. The number of hydrogen-bond acceptors (Lipinski definition) is 2. The Bertz CT molecular complexity index is 102. The molecular weight excluding hydrogens is 94.0 g/mol. The van der Waals surface area contributed by atoms with Gasteiger partial charge in [-0.05, 0) is 6.92 Å². The molecule has 3 heteroatoms. The minimum absolute atomic E-state index is 0.0486. The fourth-order valence-corrected chi connectivity index (χ4v) is 0.472. The highest BCUT2D eigenvalue weighted by atomic mass is 16.6. The summed E-state index contributed by atoms with van der Waals surface area (Å²) < 4.78 is 4.55. The molecule has 0 radical (unpaired) electrons. The number of carbonyl (C=O) groups excluding carboxylic acids is 1. The molecule has 0 aromatic heterocycles. The fraction of sp³-hybridized carbons (Fsp3) is 0.750. The van der Waals surface area contributed by atoms with Crippen LogP contribution in [0.15, 0.2) is 0 Å². The van der Waals surface area contributed by atoms with Crippen LogP contribution in [-0.2, 0) is 9.53 Å². The first-order valence-electron chi connectivity index (χ1n) is 2.25. The SMILES string of the molecule is C[C@@H]1OC(=O)[C@H]1[NH3+]. The number of cyclic esters (lactones) is 1. The van der Waals surface area contributed by atoms with Gasteiger partial charge >= 0.3 is 5.97 Å². The van der Waals surface area contributed by atoms with Gasteiger partial charge in [-0.25, -0.2) is 4.79 Å². The third-order valence-electron chi connectivity index (χ3n) is 1.17. The minimum Gasteiger partial charge on any atom is -0.451 e. The standard InChI is InChI=1S/C4H7NO2/c1-2-3(5)4(6)7-2/h2-3H,5H2,1H3/p+1/t2-,3-/m0/s1. The second-order valence-electron chi connectivity index (χ2n) is 1.75. The Kier molecular flexibility index (Phi) is 0.785. The number of carbonyl (C=O) groups is 1. The summed E-state index contributed by atoms with van der Waals surface area (Å²) in [7, 11) is 0. The quantitative estimate of drug-likeness (QED) is 0.380. The summed E-state index contributed by atoms with van der Waals surface area (Å²) >= 11 is 0. The van der Waals surface area contributed by atoms with E-state index in [9.17, 15) is 4.79 Å². The van der Waals surface area contributed by atoms with Crippen molar-refractivity contribution in [1.29, 1.82) is 0 Å². The van der Waals surface area contributed by atoms with Crippen LogP contribution in [0.4, 0.5) is 0 Å². The molecule has 1 aliphatic rings. The number of ether oxygens (including phenoxy) is 1. The molecule has 40 valence electrons. The fourth-order valence-electron chi connectivity index (χ4n) is 0.472. The zero-order valence-corrected chi connectivity index (χ0v) is 4.18. The van der Waals surface area contributed by atoms with Gasteiger partial charge < -0.3 is 10.5 Å². The van der Waals surface area contributed by atoms with Crippen molar-refractivity contribution in [3.63, 3.8) is 0 Å². The first kappa shape index (κ1) is 4.59. The topological polar surface area (TPSA) is 53.9 Å². The Hall–Kier alpha value is -0.570. The van der Waals surface area contributed by atoms with Gasteiger partial charge in [-0.2, -0.15) is 0 Å². The summed E-state index contributed by atoms with van der Waals surface area (Å²) in [6.07, 6.45) is 0.0486. The van der Waals surface area contributed by atoms with E-state index in [1.54, 1.807) is 0 Å². The van der Waals surface area contributed by atoms with E-state index in [0.29, 0.717) is 0 Å². The van der Waals surface area contributed by atoms with Gasteiger partial charge in [0.1, 0.15) is 0 Å². The first-order chi connectivity index (χ1) is 3.22. The molecule has 1 heterocycles. The lowest BCUT2D eigenvalue weighted by Gasteiger charge is -2.25. The van der Waals surface area contributed by atoms with Gasteiger partial charge in [0.25, 0.3) is 0 Å². The van der Waals surface area contributed by atoms with Crippen LogP contribution in [0.2, 0.25) is 0 Å². The van der Waals surface area contributed by atoms with Crippen molar-refractivity contribution < 1.29 is 15.3 Å². The second-order valence-corrected chi connectivity index (χ2v) is 1.75. The smallest absolute Gasteiger partial charge is 0.369 e. The highest BCUT2D eigenvalue weighted by Gasteiger charge is 2.39. The molecule has 3 nitrogen and oxygen atoms in total. The summed E-state index contributed by atoms with van der Waals surface area (Å²) in [5.74, 6) is -0.174. The van der Waals surface area contributed by atoms with E-state index in [4.69, 9.17) is 0 Å². The lowest BCUT2D eigenvalue weighted by atomic mass is 10.1. The average Bonchev–Trinajstić information content (AvgIpc) is 1.68. The van der Waals surface area contributed by atoms with Crippen LogP contribution in [0.1, 0.15) is 6.92 Å². The third-order valence-corrected chi connectivity index (χ3v) is 1.17. The molecule has 0 aromatic rings. The first-order valence-corrected chi connectivity index (χ1v) is 2.25. The molecule has 1 aliphatic heterocycles. The predicted octanol–water partition coefficient (Wildman–Crippen LogP) is -1.46. The van der Waals surface area contributed by atoms with E-state index < -0.39 is 0 Å². The minimum atomic E-state index is -0.174. The summed E-state index contributed by atoms with van der Waals surface area (Å²) in [5.41, 5.74) is 3.53. The van der Waals surface area contributed by atoms with Crippen molar-refractivity contribution in [2.45, 2.75) is 19.1 Å². The van der Waals surface area contributed by atoms with Gasteiger partial charge in [0.15, 0.2) is 6.10 Å². The van der Waals surface area contributed by atoms with Crippen LogP contribution in [0.25, 0.3) is 0 Å². The lowest BCUT2D eigenvalue weighted by molar-refractivity contribution is -0.447. The van der Waals surface area contributed by atoms with Crippen LogP contribution in [0.3, 0.4) is 0 Å². The van der Waals surface area contributed by atoms with Gasteiger partial charge in [0, 0.05) is 0 Å².